The predicted octanol–water partition coefficient (Wildman–Crippen LogP) is 2.03. The first-order chi connectivity index (χ1) is 8.10. The number of nitrogens with one attached hydrogen (secondary N) is 1. The minimum atomic E-state index is -0.869. The van der Waals surface area contributed by atoms with Crippen LogP contribution >= 0.6 is 0 Å². The van der Waals surface area contributed by atoms with Crippen LogP contribution in [0.2, 0.25) is 0 Å². The van der Waals surface area contributed by atoms with Crippen LogP contribution in [0.4, 0.5) is 11.4 Å². The lowest BCUT2D eigenvalue weighted by atomic mass is 10.1. The molecule has 0 atom stereocenters. The number of aromatic carboxylic acids is 1. The molecule has 1 aliphatic carbocycles. The van der Waals surface area contributed by atoms with E-state index in [4.69, 9.17) is 5.11 Å². The monoisotopic (exact) mass is 232 g/mol. The summed E-state index contributed by atoms with van der Waals surface area (Å²) in [5, 5.41) is 12.5. The molecule has 1 aliphatic heterocycles. The Hall–Kier alpha value is -1.71. The number of carboxylic acids is 1. The molecular formula is C13H16N2O2. The van der Waals surface area contributed by atoms with Crippen molar-refractivity contribution in [2.45, 2.75) is 12.8 Å². The maximum absolute atomic E-state index is 11.0. The lowest BCUT2D eigenvalue weighted by Crippen LogP contribution is -2.27. The number of rotatable bonds is 1. The summed E-state index contributed by atoms with van der Waals surface area (Å²) < 4.78 is 0. The Morgan fingerprint density at radius 2 is 2.24 bits per heavy atom. The number of fused-ring (bicyclic) bond motifs is 1. The zero-order valence-corrected chi connectivity index (χ0v) is 9.86. The average molecular weight is 232 g/mol. The van der Waals surface area contributed by atoms with E-state index in [1.165, 1.54) is 12.8 Å². The number of carbonyl (C=O) groups is 1. The number of benzene rings is 1. The second kappa shape index (κ2) is 3.39. The lowest BCUT2D eigenvalue weighted by molar-refractivity contribution is 0.0697. The van der Waals surface area contributed by atoms with Crippen molar-refractivity contribution >= 4 is 17.3 Å². The van der Waals surface area contributed by atoms with Gasteiger partial charge in [0.1, 0.15) is 0 Å². The fourth-order valence-corrected chi connectivity index (χ4v) is 2.57. The van der Waals surface area contributed by atoms with Gasteiger partial charge in [0.05, 0.1) is 16.9 Å². The maximum atomic E-state index is 11.0. The standard InChI is InChI=1S/C13H16N2O2/c1-15-8-13(4-5-13)7-14-10-3-2-9(12(16)17)6-11(10)15/h2-3,6,14H,4-5,7-8H2,1H3,(H,16,17). The number of hydrogen-bond acceptors (Lipinski definition) is 3. The van der Waals surface area contributed by atoms with Crippen molar-refractivity contribution in [2.24, 2.45) is 5.41 Å². The van der Waals surface area contributed by atoms with Crippen molar-refractivity contribution in [3.05, 3.63) is 23.8 Å². The van der Waals surface area contributed by atoms with Gasteiger partial charge in [-0.25, -0.2) is 4.79 Å². The first-order valence-corrected chi connectivity index (χ1v) is 5.92. The van der Waals surface area contributed by atoms with Gasteiger partial charge in [0.15, 0.2) is 0 Å². The predicted molar refractivity (Wildman–Crippen MR) is 66.8 cm³/mol. The first kappa shape index (κ1) is 10.4. The van der Waals surface area contributed by atoms with Crippen molar-refractivity contribution in [1.29, 1.82) is 0 Å². The van der Waals surface area contributed by atoms with Crippen LogP contribution in [0.15, 0.2) is 18.2 Å². The minimum absolute atomic E-state index is 0.351. The van der Waals surface area contributed by atoms with Gasteiger partial charge in [-0.15, -0.1) is 0 Å². The SMILES string of the molecule is CN1CC2(CC2)CNc2ccc(C(=O)O)cc21. The molecule has 4 heteroatoms. The first-order valence-electron chi connectivity index (χ1n) is 5.92. The van der Waals surface area contributed by atoms with E-state index in [9.17, 15) is 4.79 Å². The smallest absolute Gasteiger partial charge is 0.335 e. The highest BCUT2D eigenvalue weighted by molar-refractivity contribution is 5.91. The van der Waals surface area contributed by atoms with Crippen LogP contribution in [0.3, 0.4) is 0 Å². The summed E-state index contributed by atoms with van der Waals surface area (Å²) in [7, 11) is 2.04. The second-order valence-corrected chi connectivity index (χ2v) is 5.25. The molecule has 3 rings (SSSR count). The third-order valence-corrected chi connectivity index (χ3v) is 3.84. The Kier molecular flexibility index (Phi) is 2.08. The van der Waals surface area contributed by atoms with E-state index in [1.807, 2.05) is 13.1 Å². The Morgan fingerprint density at radius 3 is 2.88 bits per heavy atom. The topological polar surface area (TPSA) is 52.6 Å². The summed E-state index contributed by atoms with van der Waals surface area (Å²) in [4.78, 5) is 13.2. The van der Waals surface area contributed by atoms with E-state index >= 15 is 0 Å². The molecule has 17 heavy (non-hydrogen) atoms. The highest BCUT2D eigenvalue weighted by Gasteiger charge is 2.44. The quantitative estimate of drug-likeness (QED) is 0.778. The summed E-state index contributed by atoms with van der Waals surface area (Å²) in [6.45, 7) is 2.01. The zero-order chi connectivity index (χ0) is 12.0. The van der Waals surface area contributed by atoms with Crippen molar-refractivity contribution < 1.29 is 9.90 Å². The molecule has 1 fully saturated rings. The van der Waals surface area contributed by atoms with Gasteiger partial charge in [0.2, 0.25) is 0 Å². The molecule has 1 heterocycles. The van der Waals surface area contributed by atoms with Gasteiger partial charge in [0, 0.05) is 25.6 Å². The molecule has 0 radical (unpaired) electrons. The molecule has 90 valence electrons. The van der Waals surface area contributed by atoms with Crippen molar-refractivity contribution in [1.82, 2.24) is 0 Å². The molecule has 1 aromatic rings. The van der Waals surface area contributed by atoms with Gasteiger partial charge in [-0.05, 0) is 31.0 Å². The van der Waals surface area contributed by atoms with Crippen LogP contribution in [0.25, 0.3) is 0 Å². The summed E-state index contributed by atoms with van der Waals surface area (Å²) >= 11 is 0. The van der Waals surface area contributed by atoms with E-state index in [1.54, 1.807) is 12.1 Å². The van der Waals surface area contributed by atoms with E-state index in [2.05, 4.69) is 10.2 Å². The maximum Gasteiger partial charge on any atom is 0.335 e. The van der Waals surface area contributed by atoms with Crippen LogP contribution in [0.1, 0.15) is 23.2 Å². The van der Waals surface area contributed by atoms with Crippen molar-refractivity contribution in [3.8, 4) is 0 Å². The Morgan fingerprint density at radius 1 is 1.47 bits per heavy atom. The minimum Gasteiger partial charge on any atom is -0.478 e. The molecule has 0 unspecified atom stereocenters. The summed E-state index contributed by atoms with van der Waals surface area (Å²) in [6, 6.07) is 5.29. The number of hydrogen-bond donors (Lipinski definition) is 2. The van der Waals surface area contributed by atoms with E-state index in [0.717, 1.165) is 24.5 Å². The van der Waals surface area contributed by atoms with Gasteiger partial charge in [-0.1, -0.05) is 0 Å². The van der Waals surface area contributed by atoms with Gasteiger partial charge in [-0.2, -0.15) is 0 Å². The fraction of sp³-hybridized carbons (Fsp3) is 0.462. The van der Waals surface area contributed by atoms with Crippen LogP contribution in [0, 0.1) is 5.41 Å². The molecular weight excluding hydrogens is 216 g/mol. The molecule has 2 N–H and O–H groups in total. The Bertz CT molecular complexity index is 480. The van der Waals surface area contributed by atoms with E-state index < -0.39 is 5.97 Å². The second-order valence-electron chi connectivity index (χ2n) is 5.25. The number of nitrogens with zero attached hydrogens (tertiary/aromatic N) is 1. The normalized spacial score (nSPS) is 20.4. The fourth-order valence-electron chi connectivity index (χ4n) is 2.57. The van der Waals surface area contributed by atoms with Crippen molar-refractivity contribution in [2.75, 3.05) is 30.4 Å². The summed E-state index contributed by atoms with van der Waals surface area (Å²) in [6.07, 6.45) is 2.54. The molecule has 0 saturated heterocycles. The molecule has 1 spiro atoms. The summed E-state index contributed by atoms with van der Waals surface area (Å²) in [5.41, 5.74) is 2.80. The third-order valence-electron chi connectivity index (χ3n) is 3.84. The number of anilines is 2. The third kappa shape index (κ3) is 1.73. The van der Waals surface area contributed by atoms with E-state index in [-0.39, 0.29) is 0 Å². The molecule has 0 aromatic heterocycles. The van der Waals surface area contributed by atoms with Gasteiger partial charge < -0.3 is 15.3 Å². The molecule has 1 aromatic carbocycles. The van der Waals surface area contributed by atoms with E-state index in [0.29, 0.717) is 11.0 Å². The lowest BCUT2D eigenvalue weighted by Gasteiger charge is -2.22. The number of carboxylic acid groups (broad SMARTS) is 1. The molecule has 0 bridgehead atoms. The largest absolute Gasteiger partial charge is 0.478 e. The average Bonchev–Trinajstić information content (AvgIpc) is 3.07. The summed E-state index contributed by atoms with van der Waals surface area (Å²) in [5.74, 6) is -0.869. The van der Waals surface area contributed by atoms with Gasteiger partial charge in [-0.3, -0.25) is 0 Å². The zero-order valence-electron chi connectivity index (χ0n) is 9.86. The van der Waals surface area contributed by atoms with Gasteiger partial charge >= 0.3 is 5.97 Å². The van der Waals surface area contributed by atoms with Crippen LogP contribution in [-0.4, -0.2) is 31.2 Å². The van der Waals surface area contributed by atoms with Crippen LogP contribution in [0.5, 0.6) is 0 Å². The molecule has 0 amide bonds. The van der Waals surface area contributed by atoms with Crippen molar-refractivity contribution in [3.63, 3.8) is 0 Å². The molecule has 2 aliphatic rings. The van der Waals surface area contributed by atoms with Crippen LogP contribution in [-0.2, 0) is 0 Å². The highest BCUT2D eigenvalue weighted by Crippen LogP contribution is 2.49. The van der Waals surface area contributed by atoms with Gasteiger partial charge in [0.25, 0.3) is 0 Å². The molecule has 1 saturated carbocycles. The Labute approximate surface area is 100 Å². The Balaban J connectivity index is 1.99. The van der Waals surface area contributed by atoms with Crippen LogP contribution < -0.4 is 10.2 Å². The highest BCUT2D eigenvalue weighted by atomic mass is 16.4. The molecule has 4 nitrogen and oxygen atoms in total.